The van der Waals surface area contributed by atoms with E-state index in [0.29, 0.717) is 43.4 Å². The number of ether oxygens (including phenoxy) is 1. The van der Waals surface area contributed by atoms with Crippen LogP contribution in [0, 0.1) is 0 Å². The molecule has 14 heteroatoms. The van der Waals surface area contributed by atoms with Crippen LogP contribution in [-0.4, -0.2) is 91.4 Å². The molecule has 220 valence electrons. The predicted molar refractivity (Wildman–Crippen MR) is 155 cm³/mol. The van der Waals surface area contributed by atoms with E-state index >= 15 is 0 Å². The quantitative estimate of drug-likeness (QED) is 0.311. The van der Waals surface area contributed by atoms with Crippen LogP contribution in [0.3, 0.4) is 0 Å². The van der Waals surface area contributed by atoms with E-state index < -0.39 is 28.1 Å². The molecule has 2 aromatic rings. The van der Waals surface area contributed by atoms with E-state index in [0.717, 1.165) is 17.1 Å². The highest BCUT2D eigenvalue weighted by Crippen LogP contribution is 2.28. The second kappa shape index (κ2) is 14.4. The fourth-order valence-electron chi connectivity index (χ4n) is 4.24. The van der Waals surface area contributed by atoms with Gasteiger partial charge < -0.3 is 25.0 Å². The Balaban J connectivity index is 1.84. The lowest BCUT2D eigenvalue weighted by molar-refractivity contribution is -0.137. The van der Waals surface area contributed by atoms with E-state index in [-0.39, 0.29) is 36.0 Å². The summed E-state index contributed by atoms with van der Waals surface area (Å²) >= 11 is 5.70. The molecule has 2 N–H and O–H groups in total. The zero-order chi connectivity index (χ0) is 29.3. The number of nitrogens with one attached hydrogen (secondary N) is 1. The number of carboxylic acids is 1. The van der Waals surface area contributed by atoms with Gasteiger partial charge in [0, 0.05) is 45.5 Å². The summed E-state index contributed by atoms with van der Waals surface area (Å²) < 4.78 is 32.3. The number of likely N-dealkylation sites (tertiary alicyclic amines) is 1. The van der Waals surface area contributed by atoms with E-state index in [4.69, 9.17) is 16.3 Å². The van der Waals surface area contributed by atoms with Gasteiger partial charge >= 0.3 is 12.1 Å². The highest BCUT2D eigenvalue weighted by Gasteiger charge is 2.27. The Hall–Kier alpha value is -3.32. The lowest BCUT2D eigenvalue weighted by Crippen LogP contribution is -2.35. The molecule has 1 atom stereocenters. The SMILES string of the molecule is CCN(CC)c1ncc(N(C)S(=O)(=O)CCCCl)c(N[C@@H](Cc2ccc(OC(=O)N3CCCC3)cc2)C(=O)O)n1. The Kier molecular flexibility index (Phi) is 11.2. The van der Waals surface area contributed by atoms with Crippen LogP contribution < -0.4 is 19.3 Å². The number of aromatic nitrogens is 2. The number of hydrogen-bond donors (Lipinski definition) is 2. The van der Waals surface area contributed by atoms with Crippen LogP contribution in [0.2, 0.25) is 0 Å². The maximum atomic E-state index is 12.9. The molecule has 12 nitrogen and oxygen atoms in total. The van der Waals surface area contributed by atoms with Crippen molar-refractivity contribution in [3.8, 4) is 5.75 Å². The van der Waals surface area contributed by atoms with Gasteiger partial charge in [0.05, 0.1) is 11.9 Å². The molecular formula is C26H37ClN6O6S. The minimum atomic E-state index is -3.76. The molecule has 1 amide bonds. The van der Waals surface area contributed by atoms with Crippen molar-refractivity contribution in [1.82, 2.24) is 14.9 Å². The third-order valence-corrected chi connectivity index (χ3v) is 8.74. The minimum Gasteiger partial charge on any atom is -0.480 e. The molecule has 1 fully saturated rings. The summed E-state index contributed by atoms with van der Waals surface area (Å²) in [7, 11) is -2.38. The van der Waals surface area contributed by atoms with Crippen LogP contribution in [-0.2, 0) is 21.2 Å². The molecule has 0 radical (unpaired) electrons. The van der Waals surface area contributed by atoms with Crippen molar-refractivity contribution in [3.05, 3.63) is 36.0 Å². The number of alkyl halides is 1. The van der Waals surface area contributed by atoms with Crippen LogP contribution in [0.25, 0.3) is 0 Å². The Morgan fingerprint density at radius 1 is 1.18 bits per heavy atom. The molecule has 0 aliphatic carbocycles. The largest absolute Gasteiger partial charge is 0.480 e. The van der Waals surface area contributed by atoms with Crippen LogP contribution in [0.15, 0.2) is 30.5 Å². The van der Waals surface area contributed by atoms with E-state index in [9.17, 15) is 23.1 Å². The smallest absolute Gasteiger partial charge is 0.415 e. The van der Waals surface area contributed by atoms with E-state index in [1.807, 2.05) is 18.7 Å². The number of benzene rings is 1. The Labute approximate surface area is 240 Å². The zero-order valence-electron chi connectivity index (χ0n) is 23.0. The van der Waals surface area contributed by atoms with Crippen molar-refractivity contribution >= 4 is 51.1 Å². The van der Waals surface area contributed by atoms with Crippen molar-refractivity contribution in [2.24, 2.45) is 0 Å². The lowest BCUT2D eigenvalue weighted by atomic mass is 10.1. The fourth-order valence-corrected chi connectivity index (χ4v) is 5.75. The third kappa shape index (κ3) is 8.10. The maximum absolute atomic E-state index is 12.9. The molecule has 1 aliphatic heterocycles. The number of aliphatic carboxylic acids is 1. The summed E-state index contributed by atoms with van der Waals surface area (Å²) in [6, 6.07) is 5.47. The predicted octanol–water partition coefficient (Wildman–Crippen LogP) is 3.42. The Morgan fingerprint density at radius 2 is 1.82 bits per heavy atom. The molecule has 1 aliphatic rings. The standard InChI is InChI=1S/C26H37ClN6O6S/c1-4-32(5-2)25-28-18-22(31(3)40(37,38)16-8-13-27)23(30-25)29-21(24(34)35)17-19-9-11-20(12-10-19)39-26(36)33-14-6-7-15-33/h9-12,18,21H,4-8,13-17H2,1-3H3,(H,34,35)(H,28,29,30)/t21-/m0/s1. The number of sulfonamides is 1. The first-order valence-corrected chi connectivity index (χ1v) is 15.4. The minimum absolute atomic E-state index is 0.0580. The molecular weight excluding hydrogens is 560 g/mol. The van der Waals surface area contributed by atoms with Gasteiger partial charge in [0.15, 0.2) is 5.82 Å². The first-order valence-electron chi connectivity index (χ1n) is 13.3. The summed E-state index contributed by atoms with van der Waals surface area (Å²) in [4.78, 5) is 36.9. The number of amides is 1. The van der Waals surface area contributed by atoms with Crippen molar-refractivity contribution in [1.29, 1.82) is 0 Å². The number of hydrogen-bond acceptors (Lipinski definition) is 9. The van der Waals surface area contributed by atoms with Crippen LogP contribution in [0.4, 0.5) is 22.2 Å². The molecule has 0 spiro atoms. The average Bonchev–Trinajstić information content (AvgIpc) is 3.48. The molecule has 1 aromatic carbocycles. The summed E-state index contributed by atoms with van der Waals surface area (Å²) in [6.45, 7) is 6.43. The molecule has 1 aromatic heterocycles. The molecule has 0 bridgehead atoms. The maximum Gasteiger partial charge on any atom is 0.415 e. The number of halogens is 1. The van der Waals surface area contributed by atoms with Crippen molar-refractivity contribution in [2.45, 2.75) is 45.6 Å². The monoisotopic (exact) mass is 596 g/mol. The van der Waals surface area contributed by atoms with Gasteiger partial charge in [-0.2, -0.15) is 4.98 Å². The Morgan fingerprint density at radius 3 is 2.40 bits per heavy atom. The van der Waals surface area contributed by atoms with Crippen LogP contribution in [0.1, 0.15) is 38.7 Å². The van der Waals surface area contributed by atoms with Gasteiger partial charge in [-0.05, 0) is 50.8 Å². The highest BCUT2D eigenvalue weighted by molar-refractivity contribution is 7.92. The topological polar surface area (TPSA) is 145 Å². The molecule has 0 saturated carbocycles. The van der Waals surface area contributed by atoms with Crippen molar-refractivity contribution < 1.29 is 27.9 Å². The normalized spacial score (nSPS) is 14.1. The third-order valence-electron chi connectivity index (χ3n) is 6.64. The summed E-state index contributed by atoms with van der Waals surface area (Å²) in [5.41, 5.74) is 0.796. The summed E-state index contributed by atoms with van der Waals surface area (Å²) in [5, 5.41) is 13.0. The first kappa shape index (κ1) is 31.2. The lowest BCUT2D eigenvalue weighted by Gasteiger charge is -2.26. The van der Waals surface area contributed by atoms with E-state index in [1.165, 1.54) is 13.2 Å². The number of nitrogens with zero attached hydrogens (tertiary/aromatic N) is 5. The second-order valence-corrected chi connectivity index (χ2v) is 11.8. The van der Waals surface area contributed by atoms with Gasteiger partial charge in [-0.1, -0.05) is 12.1 Å². The van der Waals surface area contributed by atoms with Gasteiger partial charge in [-0.15, -0.1) is 11.6 Å². The van der Waals surface area contributed by atoms with Gasteiger partial charge in [0.2, 0.25) is 16.0 Å². The Bertz CT molecular complexity index is 1250. The molecule has 1 saturated heterocycles. The number of carbonyl (C=O) groups is 2. The number of rotatable bonds is 14. The average molecular weight is 597 g/mol. The molecule has 40 heavy (non-hydrogen) atoms. The second-order valence-electron chi connectivity index (χ2n) is 9.35. The van der Waals surface area contributed by atoms with Gasteiger partial charge in [0.1, 0.15) is 17.5 Å². The van der Waals surface area contributed by atoms with Gasteiger partial charge in [0.25, 0.3) is 0 Å². The molecule has 3 rings (SSSR count). The molecule has 2 heterocycles. The first-order chi connectivity index (χ1) is 19.1. The van der Waals surface area contributed by atoms with Crippen LogP contribution >= 0.6 is 11.6 Å². The van der Waals surface area contributed by atoms with E-state index in [2.05, 4.69) is 15.3 Å². The van der Waals surface area contributed by atoms with Crippen molar-refractivity contribution in [2.75, 3.05) is 59.4 Å². The van der Waals surface area contributed by atoms with Crippen molar-refractivity contribution in [3.63, 3.8) is 0 Å². The number of carboxylic acid groups (broad SMARTS) is 1. The number of carbonyl (C=O) groups excluding carboxylic acids is 1. The fraction of sp³-hybridized carbons (Fsp3) is 0.538. The van der Waals surface area contributed by atoms with Crippen LogP contribution in [0.5, 0.6) is 5.75 Å². The van der Waals surface area contributed by atoms with Gasteiger partial charge in [-0.3, -0.25) is 4.31 Å². The zero-order valence-corrected chi connectivity index (χ0v) is 24.6. The molecule has 0 unspecified atom stereocenters. The van der Waals surface area contributed by atoms with Gasteiger partial charge in [-0.25, -0.2) is 23.0 Å². The van der Waals surface area contributed by atoms with E-state index in [1.54, 1.807) is 29.2 Å². The number of anilines is 3. The summed E-state index contributed by atoms with van der Waals surface area (Å²) in [6.07, 6.45) is 3.21. The summed E-state index contributed by atoms with van der Waals surface area (Å²) in [5.74, 6) is -0.348. The highest BCUT2D eigenvalue weighted by atomic mass is 35.5.